The van der Waals surface area contributed by atoms with E-state index < -0.39 is 0 Å². The van der Waals surface area contributed by atoms with E-state index in [1.165, 1.54) is 4.88 Å². The zero-order valence-corrected chi connectivity index (χ0v) is 10.0. The van der Waals surface area contributed by atoms with Crippen LogP contribution in [0.4, 0.5) is 5.82 Å². The first kappa shape index (κ1) is 10.9. The summed E-state index contributed by atoms with van der Waals surface area (Å²) in [5.74, 6) is 1.43. The Labute approximate surface area is 98.3 Å². The lowest BCUT2D eigenvalue weighted by Gasteiger charge is -2.05. The highest BCUT2D eigenvalue weighted by atomic mass is 32.1. The second kappa shape index (κ2) is 4.94. The minimum absolute atomic E-state index is 0.617. The van der Waals surface area contributed by atoms with Crippen LogP contribution in [0.2, 0.25) is 0 Å². The average molecular weight is 235 g/mol. The first-order chi connectivity index (χ1) is 7.79. The van der Waals surface area contributed by atoms with Gasteiger partial charge >= 0.3 is 0 Å². The maximum Gasteiger partial charge on any atom is 0.214 e. The third-order valence-corrected chi connectivity index (χ3v) is 3.14. The van der Waals surface area contributed by atoms with Gasteiger partial charge in [0.15, 0.2) is 0 Å². The number of hydrogen-bond donors (Lipinski definition) is 1. The Bertz CT molecular complexity index is 470. The van der Waals surface area contributed by atoms with Gasteiger partial charge in [-0.2, -0.15) is 4.98 Å². The van der Waals surface area contributed by atoms with E-state index in [-0.39, 0.29) is 0 Å². The molecule has 16 heavy (non-hydrogen) atoms. The van der Waals surface area contributed by atoms with E-state index in [2.05, 4.69) is 15.3 Å². The monoisotopic (exact) mass is 235 g/mol. The van der Waals surface area contributed by atoms with Gasteiger partial charge in [0.05, 0.1) is 24.9 Å². The molecule has 0 atom stereocenters. The van der Waals surface area contributed by atoms with Crippen molar-refractivity contribution in [1.82, 2.24) is 9.97 Å². The molecule has 0 unspecified atom stereocenters. The zero-order valence-electron chi connectivity index (χ0n) is 9.23. The molecule has 84 valence electrons. The molecule has 1 N–H and O–H groups in total. The van der Waals surface area contributed by atoms with Crippen LogP contribution in [0.15, 0.2) is 23.7 Å². The topological polar surface area (TPSA) is 47.0 Å². The zero-order chi connectivity index (χ0) is 11.4. The molecule has 2 rings (SSSR count). The molecule has 0 amide bonds. The Balaban J connectivity index is 2.02. The highest BCUT2D eigenvalue weighted by Crippen LogP contribution is 2.15. The second-order valence-electron chi connectivity index (χ2n) is 3.28. The van der Waals surface area contributed by atoms with E-state index in [1.54, 1.807) is 18.4 Å². The van der Waals surface area contributed by atoms with Crippen LogP contribution in [0.1, 0.15) is 10.6 Å². The number of hydrogen-bond acceptors (Lipinski definition) is 5. The fourth-order valence-electron chi connectivity index (χ4n) is 1.29. The summed E-state index contributed by atoms with van der Waals surface area (Å²) in [7, 11) is 1.61. The molecular weight excluding hydrogens is 222 g/mol. The first-order valence-electron chi connectivity index (χ1n) is 4.93. The summed E-state index contributed by atoms with van der Waals surface area (Å²) in [5.41, 5.74) is 2.92. The van der Waals surface area contributed by atoms with Crippen LogP contribution in [-0.4, -0.2) is 17.1 Å². The fraction of sp³-hybridized carbons (Fsp3) is 0.273. The van der Waals surface area contributed by atoms with Gasteiger partial charge in [-0.15, -0.1) is 11.3 Å². The van der Waals surface area contributed by atoms with Crippen molar-refractivity contribution in [1.29, 1.82) is 0 Å². The first-order valence-corrected chi connectivity index (χ1v) is 5.81. The molecule has 0 saturated heterocycles. The van der Waals surface area contributed by atoms with Crippen molar-refractivity contribution in [3.05, 3.63) is 34.3 Å². The number of aromatic nitrogens is 2. The van der Waals surface area contributed by atoms with E-state index in [9.17, 15) is 0 Å². The lowest BCUT2D eigenvalue weighted by molar-refractivity contribution is 0.398. The van der Waals surface area contributed by atoms with E-state index in [0.29, 0.717) is 5.88 Å². The Morgan fingerprint density at radius 3 is 3.00 bits per heavy atom. The molecule has 5 heteroatoms. The third-order valence-electron chi connectivity index (χ3n) is 2.21. The van der Waals surface area contributed by atoms with Gasteiger partial charge in [-0.25, -0.2) is 4.98 Å². The van der Waals surface area contributed by atoms with Gasteiger partial charge in [-0.1, -0.05) is 6.07 Å². The fourth-order valence-corrected chi connectivity index (χ4v) is 2.01. The molecule has 0 radical (unpaired) electrons. The minimum Gasteiger partial charge on any atom is -0.481 e. The van der Waals surface area contributed by atoms with Crippen molar-refractivity contribution >= 4 is 17.2 Å². The SMILES string of the molecule is COc1cccc(NCc2scnc2C)n1. The van der Waals surface area contributed by atoms with Gasteiger partial charge in [0.25, 0.3) is 0 Å². The van der Waals surface area contributed by atoms with Crippen molar-refractivity contribution in [3.8, 4) is 5.88 Å². The number of ether oxygens (including phenoxy) is 1. The van der Waals surface area contributed by atoms with Crippen LogP contribution in [0, 0.1) is 6.92 Å². The average Bonchev–Trinajstić information content (AvgIpc) is 2.72. The van der Waals surface area contributed by atoms with Crippen molar-refractivity contribution in [2.45, 2.75) is 13.5 Å². The van der Waals surface area contributed by atoms with Crippen LogP contribution in [0.3, 0.4) is 0 Å². The molecule has 0 aliphatic rings. The van der Waals surface area contributed by atoms with Gasteiger partial charge in [0.2, 0.25) is 5.88 Å². The largest absolute Gasteiger partial charge is 0.481 e. The molecule has 2 aromatic rings. The standard InChI is InChI=1S/C11H13N3OS/c1-8-9(16-7-13-8)6-12-10-4-3-5-11(14-10)15-2/h3-5,7H,6H2,1-2H3,(H,12,14). The third kappa shape index (κ3) is 2.49. The molecule has 0 aliphatic heterocycles. The smallest absolute Gasteiger partial charge is 0.214 e. The molecule has 0 fully saturated rings. The summed E-state index contributed by atoms with van der Waals surface area (Å²) < 4.78 is 5.05. The van der Waals surface area contributed by atoms with Gasteiger partial charge in [-0.05, 0) is 13.0 Å². The Kier molecular flexibility index (Phi) is 3.36. The van der Waals surface area contributed by atoms with Crippen LogP contribution in [0.5, 0.6) is 5.88 Å². The van der Waals surface area contributed by atoms with Crippen LogP contribution in [0.25, 0.3) is 0 Å². The van der Waals surface area contributed by atoms with Crippen LogP contribution < -0.4 is 10.1 Å². The summed E-state index contributed by atoms with van der Waals surface area (Å²) in [6.07, 6.45) is 0. The van der Waals surface area contributed by atoms with E-state index in [1.807, 2.05) is 30.6 Å². The molecular formula is C11H13N3OS. The van der Waals surface area contributed by atoms with E-state index >= 15 is 0 Å². The lowest BCUT2D eigenvalue weighted by Crippen LogP contribution is -2.01. The maximum atomic E-state index is 5.05. The summed E-state index contributed by atoms with van der Waals surface area (Å²) >= 11 is 1.65. The second-order valence-corrected chi connectivity index (χ2v) is 4.22. The summed E-state index contributed by atoms with van der Waals surface area (Å²) in [6.45, 7) is 2.75. The van der Waals surface area contributed by atoms with E-state index in [0.717, 1.165) is 18.1 Å². The summed E-state index contributed by atoms with van der Waals surface area (Å²) in [4.78, 5) is 9.69. The lowest BCUT2D eigenvalue weighted by atomic mass is 10.4. The summed E-state index contributed by atoms with van der Waals surface area (Å²) in [5, 5.41) is 3.24. The number of thiazole rings is 1. The Hall–Kier alpha value is -1.62. The Morgan fingerprint density at radius 2 is 2.31 bits per heavy atom. The highest BCUT2D eigenvalue weighted by Gasteiger charge is 2.02. The number of nitrogens with one attached hydrogen (secondary N) is 1. The normalized spacial score (nSPS) is 10.1. The molecule has 2 aromatic heterocycles. The number of aryl methyl sites for hydroxylation is 1. The number of methoxy groups -OCH3 is 1. The van der Waals surface area contributed by atoms with Crippen molar-refractivity contribution in [2.24, 2.45) is 0 Å². The predicted octanol–water partition coefficient (Wildman–Crippen LogP) is 2.47. The van der Waals surface area contributed by atoms with Gasteiger partial charge in [-0.3, -0.25) is 0 Å². The van der Waals surface area contributed by atoms with Crippen LogP contribution in [-0.2, 0) is 6.54 Å². The van der Waals surface area contributed by atoms with Gasteiger partial charge in [0.1, 0.15) is 5.82 Å². The molecule has 2 heterocycles. The van der Waals surface area contributed by atoms with Gasteiger partial charge in [0, 0.05) is 10.9 Å². The number of anilines is 1. The molecule has 0 aliphatic carbocycles. The van der Waals surface area contributed by atoms with Crippen molar-refractivity contribution in [3.63, 3.8) is 0 Å². The van der Waals surface area contributed by atoms with Crippen molar-refractivity contribution < 1.29 is 4.74 Å². The van der Waals surface area contributed by atoms with Gasteiger partial charge < -0.3 is 10.1 Å². The minimum atomic E-state index is 0.617. The number of nitrogens with zero attached hydrogens (tertiary/aromatic N) is 2. The molecule has 4 nitrogen and oxygen atoms in total. The quantitative estimate of drug-likeness (QED) is 0.884. The predicted molar refractivity (Wildman–Crippen MR) is 65.0 cm³/mol. The van der Waals surface area contributed by atoms with E-state index in [4.69, 9.17) is 4.74 Å². The summed E-state index contributed by atoms with van der Waals surface area (Å²) in [6, 6.07) is 5.65. The Morgan fingerprint density at radius 1 is 1.44 bits per heavy atom. The maximum absolute atomic E-state index is 5.05. The number of pyridine rings is 1. The number of rotatable bonds is 4. The van der Waals surface area contributed by atoms with Crippen molar-refractivity contribution in [2.75, 3.05) is 12.4 Å². The molecule has 0 saturated carbocycles. The molecule has 0 aromatic carbocycles. The molecule has 0 bridgehead atoms. The molecule has 0 spiro atoms. The highest BCUT2D eigenvalue weighted by molar-refractivity contribution is 7.09. The van der Waals surface area contributed by atoms with Crippen LogP contribution >= 0.6 is 11.3 Å².